The first-order valence-corrected chi connectivity index (χ1v) is 10.6. The molecule has 0 spiro atoms. The Bertz CT molecular complexity index is 635. The number of piperidine rings is 1. The summed E-state index contributed by atoms with van der Waals surface area (Å²) < 4.78 is 18.5. The first-order valence-electron chi connectivity index (χ1n) is 10.6. The van der Waals surface area contributed by atoms with Crippen LogP contribution in [0, 0.1) is 11.8 Å². The second-order valence-corrected chi connectivity index (χ2v) is 9.66. The Morgan fingerprint density at radius 2 is 1.67 bits per heavy atom. The van der Waals surface area contributed by atoms with Crippen LogP contribution >= 0.6 is 0 Å². The van der Waals surface area contributed by atoms with Crippen molar-refractivity contribution in [2.45, 2.75) is 64.6 Å². The Balaban J connectivity index is 1.29. The molecule has 0 atom stereocenters. The highest BCUT2D eigenvalue weighted by atomic mass is 16.7. The van der Waals surface area contributed by atoms with Gasteiger partial charge in [0.05, 0.1) is 17.8 Å². The van der Waals surface area contributed by atoms with Gasteiger partial charge in [0.2, 0.25) is 0 Å². The van der Waals surface area contributed by atoms with Crippen LogP contribution in [0.2, 0.25) is 0 Å². The highest BCUT2D eigenvalue weighted by Gasteiger charge is 2.51. The molecule has 2 heterocycles. The molecule has 4 rings (SSSR count). The van der Waals surface area contributed by atoms with Gasteiger partial charge >= 0.3 is 7.12 Å². The molecular formula is C22H34BNO3. The van der Waals surface area contributed by atoms with E-state index in [1.165, 1.54) is 45.3 Å². The minimum atomic E-state index is -0.329. The summed E-state index contributed by atoms with van der Waals surface area (Å²) in [4.78, 5) is 2.65. The van der Waals surface area contributed by atoms with E-state index < -0.39 is 0 Å². The van der Waals surface area contributed by atoms with Crippen LogP contribution in [0.15, 0.2) is 24.3 Å². The van der Waals surface area contributed by atoms with E-state index in [-0.39, 0.29) is 18.3 Å². The minimum absolute atomic E-state index is 0.317. The third-order valence-corrected chi connectivity index (χ3v) is 6.79. The van der Waals surface area contributed by atoms with Gasteiger partial charge in [-0.2, -0.15) is 0 Å². The van der Waals surface area contributed by atoms with Crippen molar-refractivity contribution in [1.82, 2.24) is 4.90 Å². The standard InChI is InChI=1S/C22H34BNO3/c1-21(2)22(3,4)27-23(26-21)19-6-5-7-20(14-19)25-16-18-10-12-24(13-11-18)15-17-8-9-17/h5-7,14,17-18H,8-13,15-16H2,1-4H3. The van der Waals surface area contributed by atoms with E-state index in [1.807, 2.05) is 12.1 Å². The maximum atomic E-state index is 6.16. The summed E-state index contributed by atoms with van der Waals surface area (Å²) in [6.45, 7) is 12.9. The van der Waals surface area contributed by atoms with E-state index in [2.05, 4.69) is 44.7 Å². The summed E-state index contributed by atoms with van der Waals surface area (Å²) in [5.41, 5.74) is 0.400. The van der Waals surface area contributed by atoms with Gasteiger partial charge in [0.15, 0.2) is 0 Å². The summed E-state index contributed by atoms with van der Waals surface area (Å²) in [7, 11) is -0.329. The Kier molecular flexibility index (Phi) is 5.30. The van der Waals surface area contributed by atoms with Gasteiger partial charge in [-0.1, -0.05) is 12.1 Å². The lowest BCUT2D eigenvalue weighted by atomic mass is 9.79. The fraction of sp³-hybridized carbons (Fsp3) is 0.727. The summed E-state index contributed by atoms with van der Waals surface area (Å²) in [5, 5.41) is 0. The second kappa shape index (κ2) is 7.42. The van der Waals surface area contributed by atoms with Gasteiger partial charge in [-0.3, -0.25) is 0 Å². The van der Waals surface area contributed by atoms with E-state index in [4.69, 9.17) is 14.0 Å². The number of ether oxygens (including phenoxy) is 1. The highest BCUT2D eigenvalue weighted by Crippen LogP contribution is 2.36. The Labute approximate surface area is 164 Å². The molecule has 1 aromatic rings. The number of hydrogen-bond acceptors (Lipinski definition) is 4. The van der Waals surface area contributed by atoms with Crippen LogP contribution in [0.25, 0.3) is 0 Å². The second-order valence-electron chi connectivity index (χ2n) is 9.66. The first kappa shape index (κ1) is 19.3. The molecule has 5 heteroatoms. The number of hydrogen-bond donors (Lipinski definition) is 0. The predicted molar refractivity (Wildman–Crippen MR) is 110 cm³/mol. The number of nitrogens with zero attached hydrogens (tertiary/aromatic N) is 1. The number of benzene rings is 1. The molecule has 0 unspecified atom stereocenters. The van der Waals surface area contributed by atoms with Crippen LogP contribution in [0.4, 0.5) is 0 Å². The lowest BCUT2D eigenvalue weighted by Gasteiger charge is -2.32. The molecule has 27 heavy (non-hydrogen) atoms. The van der Waals surface area contributed by atoms with E-state index in [9.17, 15) is 0 Å². The SMILES string of the molecule is CC1(C)OB(c2cccc(OCC3CCN(CC4CC4)CC3)c2)OC1(C)C. The predicted octanol–water partition coefficient (Wildman–Crippen LogP) is 3.49. The maximum absolute atomic E-state index is 6.16. The zero-order valence-electron chi connectivity index (χ0n) is 17.4. The van der Waals surface area contributed by atoms with Crippen LogP contribution < -0.4 is 10.2 Å². The minimum Gasteiger partial charge on any atom is -0.493 e. The van der Waals surface area contributed by atoms with Crippen LogP contribution in [0.5, 0.6) is 5.75 Å². The van der Waals surface area contributed by atoms with Gasteiger partial charge in [-0.25, -0.2) is 0 Å². The number of likely N-dealkylation sites (tertiary alicyclic amines) is 1. The smallest absolute Gasteiger partial charge is 0.493 e. The third-order valence-electron chi connectivity index (χ3n) is 6.79. The third kappa shape index (κ3) is 4.52. The maximum Gasteiger partial charge on any atom is 0.494 e. The monoisotopic (exact) mass is 371 g/mol. The molecule has 3 fully saturated rings. The van der Waals surface area contributed by atoms with Gasteiger partial charge in [0.1, 0.15) is 5.75 Å². The molecule has 0 aromatic heterocycles. The van der Waals surface area contributed by atoms with E-state index in [0.29, 0.717) is 5.92 Å². The Hall–Kier alpha value is -1.04. The topological polar surface area (TPSA) is 30.9 Å². The van der Waals surface area contributed by atoms with Crippen LogP contribution in [-0.4, -0.2) is 49.5 Å². The van der Waals surface area contributed by atoms with Crippen molar-refractivity contribution >= 4 is 12.6 Å². The molecule has 3 aliphatic rings. The molecule has 0 radical (unpaired) electrons. The van der Waals surface area contributed by atoms with Gasteiger partial charge in [-0.05, 0) is 95.9 Å². The van der Waals surface area contributed by atoms with Gasteiger partial charge in [0, 0.05) is 6.54 Å². The van der Waals surface area contributed by atoms with Crippen LogP contribution in [0.3, 0.4) is 0 Å². The van der Waals surface area contributed by atoms with Crippen molar-refractivity contribution < 1.29 is 14.0 Å². The van der Waals surface area contributed by atoms with Crippen molar-refractivity contribution in [1.29, 1.82) is 0 Å². The van der Waals surface area contributed by atoms with Gasteiger partial charge in [0.25, 0.3) is 0 Å². The molecular weight excluding hydrogens is 337 g/mol. The average molecular weight is 371 g/mol. The number of rotatable bonds is 6. The summed E-state index contributed by atoms with van der Waals surface area (Å²) >= 11 is 0. The molecule has 1 aromatic carbocycles. The summed E-state index contributed by atoms with van der Waals surface area (Å²) in [5.74, 6) is 2.58. The average Bonchev–Trinajstić information content (AvgIpc) is 3.40. The van der Waals surface area contributed by atoms with E-state index >= 15 is 0 Å². The van der Waals surface area contributed by atoms with Crippen molar-refractivity contribution in [3.05, 3.63) is 24.3 Å². The Morgan fingerprint density at radius 1 is 1.00 bits per heavy atom. The molecule has 1 aliphatic carbocycles. The molecule has 2 aliphatic heterocycles. The van der Waals surface area contributed by atoms with Crippen LogP contribution in [-0.2, 0) is 9.31 Å². The van der Waals surface area contributed by atoms with Crippen molar-refractivity contribution in [3.63, 3.8) is 0 Å². The molecule has 148 valence electrons. The lowest BCUT2D eigenvalue weighted by Crippen LogP contribution is -2.41. The van der Waals surface area contributed by atoms with Crippen molar-refractivity contribution in [3.8, 4) is 5.75 Å². The summed E-state index contributed by atoms with van der Waals surface area (Å²) in [6.07, 6.45) is 5.40. The van der Waals surface area contributed by atoms with Crippen LogP contribution in [0.1, 0.15) is 53.4 Å². The normalized spacial score (nSPS) is 25.7. The molecule has 0 bridgehead atoms. The molecule has 0 amide bonds. The molecule has 2 saturated heterocycles. The van der Waals surface area contributed by atoms with E-state index in [1.54, 1.807) is 0 Å². The zero-order chi connectivity index (χ0) is 19.1. The quantitative estimate of drug-likeness (QED) is 0.717. The molecule has 4 nitrogen and oxygen atoms in total. The largest absolute Gasteiger partial charge is 0.494 e. The lowest BCUT2D eigenvalue weighted by molar-refractivity contribution is 0.00578. The highest BCUT2D eigenvalue weighted by molar-refractivity contribution is 6.62. The Morgan fingerprint density at radius 3 is 2.30 bits per heavy atom. The fourth-order valence-electron chi connectivity index (χ4n) is 3.95. The van der Waals surface area contributed by atoms with E-state index in [0.717, 1.165) is 23.7 Å². The van der Waals surface area contributed by atoms with Gasteiger partial charge < -0.3 is 18.9 Å². The molecule has 1 saturated carbocycles. The first-order chi connectivity index (χ1) is 12.8. The zero-order valence-corrected chi connectivity index (χ0v) is 17.4. The molecule has 0 N–H and O–H groups in total. The van der Waals surface area contributed by atoms with Crippen molar-refractivity contribution in [2.24, 2.45) is 11.8 Å². The van der Waals surface area contributed by atoms with Gasteiger partial charge in [-0.15, -0.1) is 0 Å². The van der Waals surface area contributed by atoms with Crippen molar-refractivity contribution in [2.75, 3.05) is 26.2 Å². The fourth-order valence-corrected chi connectivity index (χ4v) is 3.95. The summed E-state index contributed by atoms with van der Waals surface area (Å²) in [6, 6.07) is 8.21.